The fraction of sp³-hybridized carbons (Fsp3) is 0.0526. The molecule has 0 amide bonds. The van der Waals surface area contributed by atoms with Crippen LogP contribution in [0.5, 0.6) is 0 Å². The zero-order valence-electron chi connectivity index (χ0n) is 13.1. The Bertz CT molecular complexity index is 958. The number of pyridine rings is 2. The average Bonchev–Trinajstić information content (AvgIpc) is 3.13. The van der Waals surface area contributed by atoms with Gasteiger partial charge in [0.05, 0.1) is 22.8 Å². The molecule has 5 nitrogen and oxygen atoms in total. The lowest BCUT2D eigenvalue weighted by molar-refractivity contribution is 1.02. The molecule has 4 heterocycles. The molecule has 0 saturated carbocycles. The standard InChI is InChI=1S/C19H15N5/c1-13-5-4-7-15(21-13)18-10-11-19(24-23-18)17-9-8-16(22-17)14-6-2-3-12-20-14/h2-12,22H,1H3. The molecule has 0 aliphatic carbocycles. The highest BCUT2D eigenvalue weighted by atomic mass is 15.1. The fourth-order valence-electron chi connectivity index (χ4n) is 2.51. The van der Waals surface area contributed by atoms with E-state index in [-0.39, 0.29) is 0 Å². The van der Waals surface area contributed by atoms with Crippen molar-refractivity contribution in [3.8, 4) is 34.2 Å². The van der Waals surface area contributed by atoms with Gasteiger partial charge in [0.15, 0.2) is 0 Å². The Morgan fingerprint density at radius 1 is 0.667 bits per heavy atom. The van der Waals surface area contributed by atoms with Crippen molar-refractivity contribution in [3.63, 3.8) is 0 Å². The van der Waals surface area contributed by atoms with E-state index < -0.39 is 0 Å². The van der Waals surface area contributed by atoms with Crippen molar-refractivity contribution in [3.05, 3.63) is 72.6 Å². The van der Waals surface area contributed by atoms with Gasteiger partial charge < -0.3 is 4.98 Å². The predicted molar refractivity (Wildman–Crippen MR) is 93.0 cm³/mol. The van der Waals surface area contributed by atoms with Crippen LogP contribution >= 0.6 is 0 Å². The van der Waals surface area contributed by atoms with Gasteiger partial charge in [-0.25, -0.2) is 0 Å². The molecule has 0 bridgehead atoms. The molecule has 4 aromatic rings. The van der Waals surface area contributed by atoms with E-state index in [1.165, 1.54) is 0 Å². The summed E-state index contributed by atoms with van der Waals surface area (Å²) in [6.45, 7) is 1.96. The van der Waals surface area contributed by atoms with Crippen molar-refractivity contribution in [2.75, 3.05) is 0 Å². The van der Waals surface area contributed by atoms with Crippen molar-refractivity contribution >= 4 is 0 Å². The molecule has 24 heavy (non-hydrogen) atoms. The highest BCUT2D eigenvalue weighted by molar-refractivity contribution is 5.65. The predicted octanol–water partition coefficient (Wildman–Crippen LogP) is 3.90. The van der Waals surface area contributed by atoms with E-state index in [0.29, 0.717) is 0 Å². The maximum absolute atomic E-state index is 4.47. The summed E-state index contributed by atoms with van der Waals surface area (Å²) in [5.74, 6) is 0. The molecule has 1 N–H and O–H groups in total. The first-order chi connectivity index (χ1) is 11.8. The summed E-state index contributed by atoms with van der Waals surface area (Å²) in [7, 11) is 0. The molecule has 0 spiro atoms. The summed E-state index contributed by atoms with van der Waals surface area (Å²) in [6.07, 6.45) is 1.78. The van der Waals surface area contributed by atoms with E-state index in [0.717, 1.165) is 39.9 Å². The smallest absolute Gasteiger partial charge is 0.111 e. The summed E-state index contributed by atoms with van der Waals surface area (Å²) in [5, 5.41) is 8.62. The van der Waals surface area contributed by atoms with Gasteiger partial charge in [-0.1, -0.05) is 12.1 Å². The quantitative estimate of drug-likeness (QED) is 0.623. The van der Waals surface area contributed by atoms with Gasteiger partial charge in [0.1, 0.15) is 11.4 Å². The van der Waals surface area contributed by atoms with E-state index in [4.69, 9.17) is 0 Å². The van der Waals surface area contributed by atoms with Crippen molar-refractivity contribution in [1.82, 2.24) is 25.1 Å². The highest BCUT2D eigenvalue weighted by Crippen LogP contribution is 2.22. The number of nitrogens with zero attached hydrogens (tertiary/aromatic N) is 4. The second-order valence-electron chi connectivity index (χ2n) is 5.47. The first kappa shape index (κ1) is 14.3. The molecular formula is C19H15N5. The molecule has 5 heteroatoms. The van der Waals surface area contributed by atoms with Gasteiger partial charge in [0, 0.05) is 11.9 Å². The maximum atomic E-state index is 4.47. The minimum Gasteiger partial charge on any atom is -0.352 e. The summed E-state index contributed by atoms with van der Waals surface area (Å²) < 4.78 is 0. The van der Waals surface area contributed by atoms with Crippen LogP contribution in [0.1, 0.15) is 5.69 Å². The highest BCUT2D eigenvalue weighted by Gasteiger charge is 2.08. The number of aryl methyl sites for hydroxylation is 1. The minimum absolute atomic E-state index is 0.763. The molecule has 0 fully saturated rings. The topological polar surface area (TPSA) is 67.3 Å². The molecule has 0 unspecified atom stereocenters. The summed E-state index contributed by atoms with van der Waals surface area (Å²) in [5.41, 5.74) is 6.10. The van der Waals surface area contributed by atoms with E-state index >= 15 is 0 Å². The molecule has 4 aromatic heterocycles. The Hall–Kier alpha value is -3.34. The lowest BCUT2D eigenvalue weighted by Crippen LogP contribution is -1.93. The number of rotatable bonds is 3. The molecule has 0 aromatic carbocycles. The SMILES string of the molecule is Cc1cccc(-c2ccc(-c3ccc(-c4ccccn4)[nH]3)nn2)n1. The van der Waals surface area contributed by atoms with Crippen molar-refractivity contribution in [2.24, 2.45) is 0 Å². The molecule has 4 rings (SSSR count). The fourth-order valence-corrected chi connectivity index (χ4v) is 2.51. The van der Waals surface area contributed by atoms with Gasteiger partial charge in [-0.2, -0.15) is 0 Å². The molecule has 0 radical (unpaired) electrons. The van der Waals surface area contributed by atoms with Gasteiger partial charge in [-0.15, -0.1) is 10.2 Å². The molecule has 0 aliphatic heterocycles. The van der Waals surface area contributed by atoms with Crippen LogP contribution in [-0.4, -0.2) is 25.1 Å². The van der Waals surface area contributed by atoms with Crippen LogP contribution in [0.2, 0.25) is 0 Å². The summed E-state index contributed by atoms with van der Waals surface area (Å²) in [6, 6.07) is 19.6. The summed E-state index contributed by atoms with van der Waals surface area (Å²) >= 11 is 0. The number of H-pyrrole nitrogens is 1. The molecule has 0 atom stereocenters. The second kappa shape index (κ2) is 6.04. The zero-order valence-corrected chi connectivity index (χ0v) is 13.1. The van der Waals surface area contributed by atoms with Gasteiger partial charge in [0.25, 0.3) is 0 Å². The molecule has 0 aliphatic rings. The average molecular weight is 313 g/mol. The number of aromatic nitrogens is 5. The maximum Gasteiger partial charge on any atom is 0.111 e. The third-order valence-electron chi connectivity index (χ3n) is 3.72. The van der Waals surface area contributed by atoms with Crippen molar-refractivity contribution in [2.45, 2.75) is 6.92 Å². The number of hydrogen-bond acceptors (Lipinski definition) is 4. The lowest BCUT2D eigenvalue weighted by Gasteiger charge is -2.02. The number of hydrogen-bond donors (Lipinski definition) is 1. The molecular weight excluding hydrogens is 298 g/mol. The Balaban J connectivity index is 1.63. The van der Waals surface area contributed by atoms with Crippen molar-refractivity contribution < 1.29 is 0 Å². The normalized spacial score (nSPS) is 10.7. The van der Waals surface area contributed by atoms with Gasteiger partial charge in [0.2, 0.25) is 0 Å². The minimum atomic E-state index is 0.763. The van der Waals surface area contributed by atoms with Crippen LogP contribution in [0.3, 0.4) is 0 Å². The van der Waals surface area contributed by atoms with Crippen LogP contribution in [0, 0.1) is 6.92 Å². The van der Waals surface area contributed by atoms with Crippen LogP contribution < -0.4 is 0 Å². The van der Waals surface area contributed by atoms with Crippen molar-refractivity contribution in [1.29, 1.82) is 0 Å². The Morgan fingerprint density at radius 2 is 1.42 bits per heavy atom. The van der Waals surface area contributed by atoms with E-state index in [9.17, 15) is 0 Å². The van der Waals surface area contributed by atoms with Gasteiger partial charge >= 0.3 is 0 Å². The molecule has 0 saturated heterocycles. The van der Waals surface area contributed by atoms with Crippen LogP contribution in [0.4, 0.5) is 0 Å². The van der Waals surface area contributed by atoms with Crippen LogP contribution in [0.15, 0.2) is 66.9 Å². The monoisotopic (exact) mass is 313 g/mol. The van der Waals surface area contributed by atoms with E-state index in [2.05, 4.69) is 25.1 Å². The van der Waals surface area contributed by atoms with Gasteiger partial charge in [-0.3, -0.25) is 9.97 Å². The first-order valence-corrected chi connectivity index (χ1v) is 7.68. The van der Waals surface area contributed by atoms with Crippen LogP contribution in [-0.2, 0) is 0 Å². The third-order valence-corrected chi connectivity index (χ3v) is 3.72. The Morgan fingerprint density at radius 3 is 2.12 bits per heavy atom. The van der Waals surface area contributed by atoms with E-state index in [1.807, 2.05) is 67.6 Å². The summed E-state index contributed by atoms with van der Waals surface area (Å²) in [4.78, 5) is 12.1. The van der Waals surface area contributed by atoms with Crippen LogP contribution in [0.25, 0.3) is 34.2 Å². The number of nitrogens with one attached hydrogen (secondary N) is 1. The van der Waals surface area contributed by atoms with Gasteiger partial charge in [-0.05, 0) is 55.5 Å². The third kappa shape index (κ3) is 2.79. The Labute approximate surface area is 139 Å². The Kier molecular flexibility index (Phi) is 3.59. The number of aromatic amines is 1. The zero-order chi connectivity index (χ0) is 16.4. The second-order valence-corrected chi connectivity index (χ2v) is 5.47. The molecule has 116 valence electrons. The largest absolute Gasteiger partial charge is 0.352 e. The first-order valence-electron chi connectivity index (χ1n) is 7.68. The lowest BCUT2D eigenvalue weighted by atomic mass is 10.2. The van der Waals surface area contributed by atoms with E-state index in [1.54, 1.807) is 6.20 Å².